The number of benzene rings is 2. The SMILES string of the molecule is Cc1nnc2n1-c1ccc(Cl)cc1C(c1ccccc1)=NC2.O=c1[nH]cnc2[nH]ncc12. The number of aliphatic imine (C=N–C) groups is 1. The number of aromatic amines is 2. The maximum atomic E-state index is 10.9. The molecule has 0 aliphatic carbocycles. The third-order valence-electron chi connectivity index (χ3n) is 5.03. The molecule has 0 saturated heterocycles. The average Bonchev–Trinajstić information content (AvgIpc) is 3.39. The fourth-order valence-corrected chi connectivity index (χ4v) is 3.74. The van der Waals surface area contributed by atoms with E-state index < -0.39 is 0 Å². The van der Waals surface area contributed by atoms with Gasteiger partial charge in [-0.15, -0.1) is 10.2 Å². The number of nitrogens with zero attached hydrogens (tertiary/aromatic N) is 6. The van der Waals surface area contributed by atoms with E-state index in [1.165, 1.54) is 12.5 Å². The van der Waals surface area contributed by atoms with Crippen LogP contribution in [0.4, 0.5) is 0 Å². The zero-order chi connectivity index (χ0) is 22.1. The van der Waals surface area contributed by atoms with Gasteiger partial charge in [-0.25, -0.2) is 4.98 Å². The summed E-state index contributed by atoms with van der Waals surface area (Å²) in [6.45, 7) is 2.44. The van der Waals surface area contributed by atoms with E-state index in [9.17, 15) is 4.79 Å². The van der Waals surface area contributed by atoms with Gasteiger partial charge in [-0.3, -0.25) is 19.5 Å². The number of aromatic nitrogens is 7. The molecule has 5 aromatic rings. The van der Waals surface area contributed by atoms with Crippen molar-refractivity contribution >= 4 is 28.3 Å². The predicted molar refractivity (Wildman–Crippen MR) is 121 cm³/mol. The molecule has 2 N–H and O–H groups in total. The van der Waals surface area contributed by atoms with Crippen LogP contribution in [0.5, 0.6) is 0 Å². The van der Waals surface area contributed by atoms with Crippen LogP contribution in [0, 0.1) is 6.92 Å². The average molecular weight is 445 g/mol. The van der Waals surface area contributed by atoms with Crippen molar-refractivity contribution in [3.05, 3.63) is 99.2 Å². The molecule has 0 amide bonds. The van der Waals surface area contributed by atoms with Gasteiger partial charge in [0.05, 0.1) is 23.9 Å². The van der Waals surface area contributed by atoms with Crippen LogP contribution in [0.1, 0.15) is 22.8 Å². The second-order valence-corrected chi connectivity index (χ2v) is 7.49. The Morgan fingerprint density at radius 3 is 2.75 bits per heavy atom. The van der Waals surface area contributed by atoms with Gasteiger partial charge in [-0.05, 0) is 25.1 Å². The number of H-pyrrole nitrogens is 2. The molecule has 10 heteroatoms. The molecule has 4 heterocycles. The zero-order valence-electron chi connectivity index (χ0n) is 17.0. The van der Waals surface area contributed by atoms with E-state index in [2.05, 4.69) is 42.5 Å². The maximum absolute atomic E-state index is 10.9. The fraction of sp³-hybridized carbons (Fsp3) is 0.0909. The van der Waals surface area contributed by atoms with Gasteiger partial charge in [0.25, 0.3) is 5.56 Å². The lowest BCUT2D eigenvalue weighted by molar-refractivity contribution is 0.862. The van der Waals surface area contributed by atoms with Gasteiger partial charge >= 0.3 is 0 Å². The summed E-state index contributed by atoms with van der Waals surface area (Å²) in [6.07, 6.45) is 2.78. The first kappa shape index (κ1) is 19.8. The van der Waals surface area contributed by atoms with Crippen LogP contribution < -0.4 is 5.56 Å². The molecule has 0 unspecified atom stereocenters. The molecule has 0 spiro atoms. The second-order valence-electron chi connectivity index (χ2n) is 7.06. The van der Waals surface area contributed by atoms with Crippen LogP contribution in [0.3, 0.4) is 0 Å². The summed E-state index contributed by atoms with van der Waals surface area (Å²) in [5.41, 5.74) is 4.37. The Morgan fingerprint density at radius 1 is 1.09 bits per heavy atom. The van der Waals surface area contributed by atoms with Gasteiger partial charge in [0.1, 0.15) is 17.8 Å². The quantitative estimate of drug-likeness (QED) is 0.411. The van der Waals surface area contributed by atoms with Crippen LogP contribution in [-0.2, 0) is 6.54 Å². The summed E-state index contributed by atoms with van der Waals surface area (Å²) in [5, 5.41) is 15.8. The maximum Gasteiger partial charge on any atom is 0.261 e. The Labute approximate surface area is 186 Å². The van der Waals surface area contributed by atoms with Crippen molar-refractivity contribution in [1.29, 1.82) is 0 Å². The summed E-state index contributed by atoms with van der Waals surface area (Å²) in [5.74, 6) is 1.69. The van der Waals surface area contributed by atoms with Crippen molar-refractivity contribution in [3.63, 3.8) is 0 Å². The molecule has 32 heavy (non-hydrogen) atoms. The van der Waals surface area contributed by atoms with Crippen molar-refractivity contribution in [2.45, 2.75) is 13.5 Å². The van der Waals surface area contributed by atoms with E-state index in [1.807, 2.05) is 47.9 Å². The molecular weight excluding hydrogens is 428 g/mol. The van der Waals surface area contributed by atoms with E-state index in [4.69, 9.17) is 16.6 Å². The van der Waals surface area contributed by atoms with Crippen LogP contribution in [0.15, 0.2) is 70.8 Å². The van der Waals surface area contributed by atoms with Crippen LogP contribution in [0.25, 0.3) is 16.7 Å². The molecule has 1 aliphatic rings. The lowest BCUT2D eigenvalue weighted by Crippen LogP contribution is -2.08. The van der Waals surface area contributed by atoms with Crippen molar-refractivity contribution < 1.29 is 0 Å². The normalized spacial score (nSPS) is 12.2. The molecule has 158 valence electrons. The molecule has 0 atom stereocenters. The zero-order valence-corrected chi connectivity index (χ0v) is 17.7. The first-order valence-electron chi connectivity index (χ1n) is 9.79. The summed E-state index contributed by atoms with van der Waals surface area (Å²) in [7, 11) is 0. The second kappa shape index (κ2) is 8.20. The third-order valence-corrected chi connectivity index (χ3v) is 5.26. The van der Waals surface area contributed by atoms with Gasteiger partial charge < -0.3 is 4.98 Å². The van der Waals surface area contributed by atoms with Crippen LogP contribution in [0.2, 0.25) is 5.02 Å². The summed E-state index contributed by atoms with van der Waals surface area (Å²) in [4.78, 5) is 21.9. The summed E-state index contributed by atoms with van der Waals surface area (Å²) >= 11 is 6.23. The van der Waals surface area contributed by atoms with Gasteiger partial charge in [-0.1, -0.05) is 41.9 Å². The van der Waals surface area contributed by atoms with E-state index in [0.717, 1.165) is 34.2 Å². The minimum atomic E-state index is -0.168. The monoisotopic (exact) mass is 444 g/mol. The van der Waals surface area contributed by atoms with Crippen molar-refractivity contribution in [3.8, 4) is 5.69 Å². The van der Waals surface area contributed by atoms with E-state index >= 15 is 0 Å². The number of hydrogen-bond donors (Lipinski definition) is 2. The Balaban J connectivity index is 0.000000180. The lowest BCUT2D eigenvalue weighted by Gasteiger charge is -2.12. The van der Waals surface area contributed by atoms with E-state index in [0.29, 0.717) is 22.6 Å². The first-order valence-corrected chi connectivity index (χ1v) is 10.2. The molecular formula is C22H17ClN8O. The van der Waals surface area contributed by atoms with Crippen molar-refractivity contribution in [2.75, 3.05) is 0 Å². The number of hydrogen-bond acceptors (Lipinski definition) is 6. The number of rotatable bonds is 1. The first-order chi connectivity index (χ1) is 15.6. The van der Waals surface area contributed by atoms with E-state index in [1.54, 1.807) is 0 Å². The number of fused-ring (bicyclic) bond motifs is 4. The Bertz CT molecular complexity index is 1500. The van der Waals surface area contributed by atoms with E-state index in [-0.39, 0.29) is 5.56 Å². The lowest BCUT2D eigenvalue weighted by atomic mass is 10.0. The predicted octanol–water partition coefficient (Wildman–Crippen LogP) is 3.23. The number of aryl methyl sites for hydroxylation is 1. The summed E-state index contributed by atoms with van der Waals surface area (Å²) in [6, 6.07) is 16.0. The summed E-state index contributed by atoms with van der Waals surface area (Å²) < 4.78 is 2.05. The molecule has 0 bridgehead atoms. The molecule has 3 aromatic heterocycles. The van der Waals surface area contributed by atoms with Crippen LogP contribution >= 0.6 is 11.6 Å². The smallest absolute Gasteiger partial charge is 0.261 e. The Hall–Kier alpha value is -4.11. The minimum absolute atomic E-state index is 0.168. The van der Waals surface area contributed by atoms with Gasteiger partial charge in [0.2, 0.25) is 0 Å². The molecule has 9 nitrogen and oxygen atoms in total. The minimum Gasteiger partial charge on any atom is -0.312 e. The van der Waals surface area contributed by atoms with Gasteiger partial charge in [0.15, 0.2) is 11.5 Å². The van der Waals surface area contributed by atoms with Crippen LogP contribution in [-0.4, -0.2) is 40.6 Å². The Morgan fingerprint density at radius 2 is 1.94 bits per heavy atom. The van der Waals surface area contributed by atoms with Crippen molar-refractivity contribution in [1.82, 2.24) is 34.9 Å². The number of nitrogens with one attached hydrogen (secondary N) is 2. The Kier molecular flexibility index (Phi) is 5.08. The highest BCUT2D eigenvalue weighted by molar-refractivity contribution is 6.31. The molecule has 1 aliphatic heterocycles. The highest BCUT2D eigenvalue weighted by Crippen LogP contribution is 2.27. The standard InChI is InChI=1S/C17H13ClN4.C5H4N4O/c1-11-20-21-16-10-19-17(12-5-3-2-4-6-12)14-9-13(18)7-8-15(14)22(11)16;10-5-3-1-8-9-4(3)6-2-7-5/h2-9H,10H2,1H3;1-2H,(H2,6,7,8,9,10). The number of halogens is 1. The largest absolute Gasteiger partial charge is 0.312 e. The van der Waals surface area contributed by atoms with Crippen molar-refractivity contribution in [2.24, 2.45) is 4.99 Å². The molecule has 0 saturated carbocycles. The fourth-order valence-electron chi connectivity index (χ4n) is 3.57. The molecule has 0 radical (unpaired) electrons. The van der Waals surface area contributed by atoms with Gasteiger partial charge in [-0.2, -0.15) is 5.10 Å². The van der Waals surface area contributed by atoms with Gasteiger partial charge in [0, 0.05) is 16.1 Å². The molecule has 6 rings (SSSR count). The highest BCUT2D eigenvalue weighted by atomic mass is 35.5. The highest BCUT2D eigenvalue weighted by Gasteiger charge is 2.21. The molecule has 0 fully saturated rings. The third kappa shape index (κ3) is 3.58. The molecule has 2 aromatic carbocycles. The topological polar surface area (TPSA) is 118 Å².